The Hall–Kier alpha value is -2.83. The number of hydrogen-bond donors (Lipinski definition) is 2. The van der Waals surface area contributed by atoms with Gasteiger partial charge in [-0.05, 0) is 19.1 Å². The molecule has 0 aliphatic carbocycles. The summed E-state index contributed by atoms with van der Waals surface area (Å²) in [5.74, 6) is 1.09. The fraction of sp³-hybridized carbons (Fsp3) is 0.0833. The van der Waals surface area contributed by atoms with Gasteiger partial charge in [0.2, 0.25) is 0 Å². The van der Waals surface area contributed by atoms with Crippen LogP contribution < -0.4 is 15.4 Å². The van der Waals surface area contributed by atoms with Gasteiger partial charge in [0, 0.05) is 6.07 Å². The third kappa shape index (κ3) is 3.84. The minimum atomic E-state index is -0.885. The molecule has 0 unspecified atom stereocenters. The van der Waals surface area contributed by atoms with E-state index in [0.29, 0.717) is 11.5 Å². The summed E-state index contributed by atoms with van der Waals surface area (Å²) in [5.41, 5.74) is 0. The van der Waals surface area contributed by atoms with Crippen molar-refractivity contribution in [2.45, 2.75) is 6.92 Å². The molecule has 0 atom stereocenters. The minimum absolute atomic E-state index is 0.211. The summed E-state index contributed by atoms with van der Waals surface area (Å²) < 4.78 is 9.63. The van der Waals surface area contributed by atoms with Crippen LogP contribution in [-0.2, 0) is 0 Å². The van der Waals surface area contributed by atoms with E-state index in [-0.39, 0.29) is 5.82 Å². The number of urea groups is 1. The first-order valence-corrected chi connectivity index (χ1v) is 5.41. The number of aryl methyl sites for hydroxylation is 1. The third-order valence-electron chi connectivity index (χ3n) is 2.04. The lowest BCUT2D eigenvalue weighted by atomic mass is 10.3. The second-order valence-electron chi connectivity index (χ2n) is 3.60. The van der Waals surface area contributed by atoms with E-state index in [2.05, 4.69) is 10.5 Å². The number of carbonyl (C=O) groups excluding carboxylic acids is 2. The zero-order valence-electron chi connectivity index (χ0n) is 10.0. The molecule has 7 nitrogen and oxygen atoms in total. The van der Waals surface area contributed by atoms with Gasteiger partial charge in [-0.15, -0.1) is 0 Å². The van der Waals surface area contributed by atoms with E-state index in [1.807, 2.05) is 5.32 Å². The molecular weight excluding hydrogens is 250 g/mol. The SMILES string of the molecule is Cc1cc(NC(=O)NC(=O)Oc2ccccc2)no1. The predicted molar refractivity (Wildman–Crippen MR) is 65.9 cm³/mol. The van der Waals surface area contributed by atoms with Crippen molar-refractivity contribution < 1.29 is 18.8 Å². The van der Waals surface area contributed by atoms with Gasteiger partial charge in [-0.2, -0.15) is 0 Å². The van der Waals surface area contributed by atoms with Gasteiger partial charge in [-0.3, -0.25) is 5.32 Å². The van der Waals surface area contributed by atoms with Crippen molar-refractivity contribution >= 4 is 17.9 Å². The Labute approximate surface area is 108 Å². The highest BCUT2D eigenvalue weighted by Crippen LogP contribution is 2.09. The standard InChI is InChI=1S/C12H11N3O4/c1-8-7-10(15-19-8)13-11(16)14-12(17)18-9-5-3-2-4-6-9/h2-7H,1H3,(H2,13,14,15,16,17). The van der Waals surface area contributed by atoms with Gasteiger partial charge in [-0.1, -0.05) is 23.4 Å². The first-order chi connectivity index (χ1) is 9.13. The number of para-hydroxylation sites is 1. The van der Waals surface area contributed by atoms with Crippen molar-refractivity contribution in [1.82, 2.24) is 10.5 Å². The second-order valence-corrected chi connectivity index (χ2v) is 3.60. The molecule has 1 aromatic carbocycles. The van der Waals surface area contributed by atoms with Crippen molar-refractivity contribution in [1.29, 1.82) is 0 Å². The van der Waals surface area contributed by atoms with E-state index in [1.54, 1.807) is 37.3 Å². The molecule has 2 aromatic rings. The lowest BCUT2D eigenvalue weighted by Crippen LogP contribution is -2.36. The smallest absolute Gasteiger partial charge is 0.410 e. The Kier molecular flexibility index (Phi) is 3.77. The van der Waals surface area contributed by atoms with Crippen molar-refractivity contribution in [2.24, 2.45) is 0 Å². The maximum atomic E-state index is 11.4. The molecule has 1 aromatic heterocycles. The number of nitrogens with one attached hydrogen (secondary N) is 2. The Bertz CT molecular complexity index is 580. The molecule has 2 N–H and O–H groups in total. The molecule has 0 fully saturated rings. The van der Waals surface area contributed by atoms with Crippen molar-refractivity contribution in [2.75, 3.05) is 5.32 Å². The van der Waals surface area contributed by atoms with Crippen LogP contribution in [0.15, 0.2) is 40.9 Å². The van der Waals surface area contributed by atoms with Gasteiger partial charge < -0.3 is 9.26 Å². The van der Waals surface area contributed by atoms with E-state index >= 15 is 0 Å². The summed E-state index contributed by atoms with van der Waals surface area (Å²) in [4.78, 5) is 22.8. The first-order valence-electron chi connectivity index (χ1n) is 5.41. The summed E-state index contributed by atoms with van der Waals surface area (Å²) in [6, 6.07) is 9.15. The number of hydrogen-bond acceptors (Lipinski definition) is 5. The molecule has 2 rings (SSSR count). The molecule has 0 aliphatic heterocycles. The number of imide groups is 1. The molecule has 7 heteroatoms. The number of rotatable bonds is 2. The highest BCUT2D eigenvalue weighted by molar-refractivity contribution is 5.98. The minimum Gasteiger partial charge on any atom is -0.410 e. The summed E-state index contributed by atoms with van der Waals surface area (Å²) in [6.45, 7) is 1.68. The van der Waals surface area contributed by atoms with Crippen molar-refractivity contribution in [3.63, 3.8) is 0 Å². The summed E-state index contributed by atoms with van der Waals surface area (Å²) in [6.07, 6.45) is -0.885. The zero-order chi connectivity index (χ0) is 13.7. The van der Waals surface area contributed by atoms with Crippen LogP contribution in [0.5, 0.6) is 5.75 Å². The molecule has 0 spiro atoms. The number of amides is 3. The van der Waals surface area contributed by atoms with Gasteiger partial charge in [-0.25, -0.2) is 14.9 Å². The molecule has 3 amide bonds. The Morgan fingerprint density at radius 2 is 2.00 bits per heavy atom. The fourth-order valence-corrected chi connectivity index (χ4v) is 1.29. The van der Waals surface area contributed by atoms with Gasteiger partial charge in [0.25, 0.3) is 0 Å². The molecule has 0 aliphatic rings. The van der Waals surface area contributed by atoms with Crippen LogP contribution in [0.1, 0.15) is 5.76 Å². The summed E-state index contributed by atoms with van der Waals surface area (Å²) >= 11 is 0. The number of aromatic nitrogens is 1. The van der Waals surface area contributed by atoms with Crippen LogP contribution in [0.3, 0.4) is 0 Å². The maximum Gasteiger partial charge on any atom is 0.420 e. The maximum absolute atomic E-state index is 11.4. The molecule has 98 valence electrons. The molecular formula is C12H11N3O4. The number of carbonyl (C=O) groups is 2. The predicted octanol–water partition coefficient (Wildman–Crippen LogP) is 2.30. The Morgan fingerprint density at radius 1 is 1.26 bits per heavy atom. The highest BCUT2D eigenvalue weighted by atomic mass is 16.6. The lowest BCUT2D eigenvalue weighted by molar-refractivity contribution is 0.199. The van der Waals surface area contributed by atoms with E-state index < -0.39 is 12.1 Å². The summed E-state index contributed by atoms with van der Waals surface area (Å²) in [7, 11) is 0. The average molecular weight is 261 g/mol. The molecule has 0 saturated heterocycles. The van der Waals surface area contributed by atoms with Crippen LogP contribution in [0.25, 0.3) is 0 Å². The normalized spacial score (nSPS) is 9.74. The Morgan fingerprint density at radius 3 is 2.63 bits per heavy atom. The molecule has 19 heavy (non-hydrogen) atoms. The van der Waals surface area contributed by atoms with E-state index in [1.165, 1.54) is 6.07 Å². The van der Waals surface area contributed by atoms with E-state index in [0.717, 1.165) is 0 Å². The molecule has 0 bridgehead atoms. The van der Waals surface area contributed by atoms with Gasteiger partial charge in [0.15, 0.2) is 5.82 Å². The Balaban J connectivity index is 1.84. The average Bonchev–Trinajstić information content (AvgIpc) is 2.75. The number of ether oxygens (including phenoxy) is 1. The highest BCUT2D eigenvalue weighted by Gasteiger charge is 2.11. The molecule has 1 heterocycles. The fourth-order valence-electron chi connectivity index (χ4n) is 1.29. The number of benzene rings is 1. The molecule has 0 radical (unpaired) electrons. The monoisotopic (exact) mass is 261 g/mol. The van der Waals surface area contributed by atoms with Gasteiger partial charge >= 0.3 is 12.1 Å². The largest absolute Gasteiger partial charge is 0.420 e. The van der Waals surface area contributed by atoms with E-state index in [4.69, 9.17) is 9.26 Å². The first kappa shape index (κ1) is 12.6. The van der Waals surface area contributed by atoms with Gasteiger partial charge in [0.1, 0.15) is 11.5 Å². The van der Waals surface area contributed by atoms with Crippen molar-refractivity contribution in [3.05, 3.63) is 42.2 Å². The van der Waals surface area contributed by atoms with Crippen LogP contribution in [0.2, 0.25) is 0 Å². The van der Waals surface area contributed by atoms with Crippen LogP contribution in [0, 0.1) is 6.92 Å². The summed E-state index contributed by atoms with van der Waals surface area (Å²) in [5, 5.41) is 7.86. The lowest BCUT2D eigenvalue weighted by Gasteiger charge is -2.05. The number of anilines is 1. The number of nitrogens with zero attached hydrogens (tertiary/aromatic N) is 1. The third-order valence-corrected chi connectivity index (χ3v) is 2.04. The molecule has 0 saturated carbocycles. The van der Waals surface area contributed by atoms with E-state index in [9.17, 15) is 9.59 Å². The van der Waals surface area contributed by atoms with Crippen LogP contribution in [-0.4, -0.2) is 17.3 Å². The van der Waals surface area contributed by atoms with Gasteiger partial charge in [0.05, 0.1) is 0 Å². The van der Waals surface area contributed by atoms with Crippen molar-refractivity contribution in [3.8, 4) is 5.75 Å². The topological polar surface area (TPSA) is 93.5 Å². The second kappa shape index (κ2) is 5.67. The zero-order valence-corrected chi connectivity index (χ0v) is 10.0. The van der Waals surface area contributed by atoms with Crippen LogP contribution in [0.4, 0.5) is 15.4 Å². The van der Waals surface area contributed by atoms with Crippen LogP contribution >= 0.6 is 0 Å². The quantitative estimate of drug-likeness (QED) is 0.865.